The van der Waals surface area contributed by atoms with E-state index in [9.17, 15) is 14.9 Å². The predicted molar refractivity (Wildman–Crippen MR) is 121 cm³/mol. The molecular weight excluding hydrogens is 410 g/mol. The highest BCUT2D eigenvalue weighted by molar-refractivity contribution is 6.07. The summed E-state index contributed by atoms with van der Waals surface area (Å²) in [7, 11) is 1.57. The van der Waals surface area contributed by atoms with E-state index in [1.165, 1.54) is 12.1 Å². The summed E-state index contributed by atoms with van der Waals surface area (Å²) in [5.74, 6) is 1.05. The number of aryl methyl sites for hydroxylation is 2. The van der Waals surface area contributed by atoms with Crippen LogP contribution in [0.2, 0.25) is 0 Å². The van der Waals surface area contributed by atoms with Gasteiger partial charge in [0.25, 0.3) is 5.69 Å². The Bertz CT molecular complexity index is 1180. The summed E-state index contributed by atoms with van der Waals surface area (Å²) in [4.78, 5) is 23.1. The van der Waals surface area contributed by atoms with Crippen molar-refractivity contribution in [1.82, 2.24) is 9.78 Å². The molecule has 166 valence electrons. The number of benzene rings is 2. The van der Waals surface area contributed by atoms with Crippen molar-refractivity contribution in [3.8, 4) is 11.5 Å². The summed E-state index contributed by atoms with van der Waals surface area (Å²) in [5.41, 5.74) is 3.59. The number of nitro groups is 1. The van der Waals surface area contributed by atoms with Crippen molar-refractivity contribution in [2.24, 2.45) is 0 Å². The molecule has 0 saturated heterocycles. The molecule has 3 aromatic rings. The maximum Gasteiger partial charge on any atom is 0.272 e. The topological polar surface area (TPSA) is 96.5 Å². The van der Waals surface area contributed by atoms with Gasteiger partial charge in [-0.25, -0.2) is 0 Å². The second-order valence-electron chi connectivity index (χ2n) is 7.22. The van der Waals surface area contributed by atoms with Crippen LogP contribution >= 0.6 is 0 Å². The highest BCUT2D eigenvalue weighted by Crippen LogP contribution is 2.26. The molecule has 0 radical (unpaired) electrons. The molecule has 8 nitrogen and oxygen atoms in total. The van der Waals surface area contributed by atoms with Crippen LogP contribution in [0.4, 0.5) is 5.69 Å². The first-order valence-corrected chi connectivity index (χ1v) is 10.1. The van der Waals surface area contributed by atoms with Crippen molar-refractivity contribution in [3.63, 3.8) is 0 Å². The molecule has 0 atom stereocenters. The molecular formula is C24H25N3O5. The molecule has 0 spiro atoms. The number of carbonyl (C=O) groups excluding carboxylic acids is 1. The SMILES string of the molecule is CCn1ncc(C(=O)/C=C/c2ccc(OC)c(COc3ccc([N+](=O)[O-])c(C)c3)c2)c1C. The zero-order chi connectivity index (χ0) is 23.3. The molecule has 0 aliphatic carbocycles. The fourth-order valence-corrected chi connectivity index (χ4v) is 3.37. The van der Waals surface area contributed by atoms with Gasteiger partial charge in [-0.3, -0.25) is 19.6 Å². The highest BCUT2D eigenvalue weighted by atomic mass is 16.6. The summed E-state index contributed by atoms with van der Waals surface area (Å²) < 4.78 is 13.0. The maximum atomic E-state index is 12.6. The van der Waals surface area contributed by atoms with Gasteiger partial charge >= 0.3 is 0 Å². The Morgan fingerprint density at radius 1 is 1.22 bits per heavy atom. The molecule has 1 aromatic heterocycles. The molecule has 0 aliphatic rings. The molecule has 0 amide bonds. The number of methoxy groups -OCH3 is 1. The quantitative estimate of drug-likeness (QED) is 0.205. The van der Waals surface area contributed by atoms with Crippen LogP contribution in [-0.4, -0.2) is 27.6 Å². The molecule has 0 unspecified atom stereocenters. The van der Waals surface area contributed by atoms with Gasteiger partial charge in [0.05, 0.1) is 23.8 Å². The van der Waals surface area contributed by atoms with Gasteiger partial charge in [0.2, 0.25) is 0 Å². The first kappa shape index (κ1) is 22.7. The van der Waals surface area contributed by atoms with Crippen LogP contribution in [0.15, 0.2) is 48.7 Å². The fraction of sp³-hybridized carbons (Fsp3) is 0.250. The molecule has 3 rings (SSSR count). The van der Waals surface area contributed by atoms with Gasteiger partial charge in [0.15, 0.2) is 5.78 Å². The van der Waals surface area contributed by atoms with E-state index in [4.69, 9.17) is 9.47 Å². The first-order valence-electron chi connectivity index (χ1n) is 10.1. The Morgan fingerprint density at radius 3 is 2.62 bits per heavy atom. The van der Waals surface area contributed by atoms with Crippen molar-refractivity contribution in [2.75, 3.05) is 7.11 Å². The van der Waals surface area contributed by atoms with Gasteiger partial charge < -0.3 is 9.47 Å². The number of nitrogens with zero attached hydrogens (tertiary/aromatic N) is 3. The smallest absolute Gasteiger partial charge is 0.272 e. The van der Waals surface area contributed by atoms with Crippen molar-refractivity contribution in [2.45, 2.75) is 33.9 Å². The second kappa shape index (κ2) is 9.91. The number of aromatic nitrogens is 2. The number of carbonyl (C=O) groups is 1. The van der Waals surface area contributed by atoms with Gasteiger partial charge in [-0.1, -0.05) is 12.1 Å². The van der Waals surface area contributed by atoms with Gasteiger partial charge in [-0.15, -0.1) is 0 Å². The van der Waals surface area contributed by atoms with E-state index in [0.717, 1.165) is 16.8 Å². The van der Waals surface area contributed by atoms with Crippen molar-refractivity contribution >= 4 is 17.5 Å². The molecule has 0 saturated carbocycles. The van der Waals surface area contributed by atoms with E-state index in [2.05, 4.69) is 5.10 Å². The lowest BCUT2D eigenvalue weighted by atomic mass is 10.1. The van der Waals surface area contributed by atoms with E-state index in [1.807, 2.05) is 32.0 Å². The van der Waals surface area contributed by atoms with Crippen LogP contribution in [0.25, 0.3) is 6.08 Å². The van der Waals surface area contributed by atoms with Crippen LogP contribution in [0.3, 0.4) is 0 Å². The minimum atomic E-state index is -0.423. The lowest BCUT2D eigenvalue weighted by molar-refractivity contribution is -0.385. The van der Waals surface area contributed by atoms with Crippen molar-refractivity contribution < 1.29 is 19.2 Å². The van der Waals surface area contributed by atoms with Crippen LogP contribution in [0, 0.1) is 24.0 Å². The summed E-state index contributed by atoms with van der Waals surface area (Å²) in [6, 6.07) is 10.2. The predicted octanol–water partition coefficient (Wildman–Crippen LogP) is 4.91. The molecule has 2 aromatic carbocycles. The van der Waals surface area contributed by atoms with Gasteiger partial charge in [0.1, 0.15) is 18.1 Å². The Balaban J connectivity index is 1.76. The number of rotatable bonds is 9. The lowest BCUT2D eigenvalue weighted by Crippen LogP contribution is -2.02. The summed E-state index contributed by atoms with van der Waals surface area (Å²) in [5, 5.41) is 15.2. The summed E-state index contributed by atoms with van der Waals surface area (Å²) >= 11 is 0. The Kier molecular flexibility index (Phi) is 7.04. The average molecular weight is 435 g/mol. The lowest BCUT2D eigenvalue weighted by Gasteiger charge is -2.12. The molecule has 32 heavy (non-hydrogen) atoms. The summed E-state index contributed by atoms with van der Waals surface area (Å²) in [6.45, 7) is 6.43. The monoisotopic (exact) mass is 435 g/mol. The number of ketones is 1. The largest absolute Gasteiger partial charge is 0.496 e. The zero-order valence-electron chi connectivity index (χ0n) is 18.5. The number of nitro benzene ring substituents is 1. The average Bonchev–Trinajstić information content (AvgIpc) is 3.16. The molecule has 8 heteroatoms. The van der Waals surface area contributed by atoms with E-state index in [-0.39, 0.29) is 18.1 Å². The normalized spacial score (nSPS) is 11.0. The van der Waals surface area contributed by atoms with E-state index in [1.54, 1.807) is 43.1 Å². The van der Waals surface area contributed by atoms with Crippen molar-refractivity contribution in [3.05, 3.63) is 86.7 Å². The van der Waals surface area contributed by atoms with Gasteiger partial charge in [-0.2, -0.15) is 5.10 Å². The fourth-order valence-electron chi connectivity index (χ4n) is 3.37. The third-order valence-corrected chi connectivity index (χ3v) is 5.16. The molecule has 0 bridgehead atoms. The van der Waals surface area contributed by atoms with Gasteiger partial charge in [0, 0.05) is 29.4 Å². The Hall–Kier alpha value is -3.94. The minimum Gasteiger partial charge on any atom is -0.496 e. The first-order chi connectivity index (χ1) is 15.3. The van der Waals surface area contributed by atoms with Crippen LogP contribution < -0.4 is 9.47 Å². The van der Waals surface area contributed by atoms with E-state index >= 15 is 0 Å². The minimum absolute atomic E-state index is 0.0476. The van der Waals surface area contributed by atoms with Crippen LogP contribution in [0.5, 0.6) is 11.5 Å². The standard InChI is InChI=1S/C24H25N3O5/c1-5-26-17(3)21(14-25-26)23(28)10-6-18-7-11-24(31-4)19(13-18)15-32-20-8-9-22(27(29)30)16(2)12-20/h6-14H,5,15H2,1-4H3/b10-6+. The van der Waals surface area contributed by atoms with Crippen LogP contribution in [0.1, 0.15) is 39.7 Å². The van der Waals surface area contributed by atoms with E-state index < -0.39 is 4.92 Å². The molecule has 0 fully saturated rings. The van der Waals surface area contributed by atoms with E-state index in [0.29, 0.717) is 29.2 Å². The van der Waals surface area contributed by atoms with Crippen LogP contribution in [-0.2, 0) is 13.2 Å². The third kappa shape index (κ3) is 5.03. The zero-order valence-corrected chi connectivity index (χ0v) is 18.5. The molecule has 0 aliphatic heterocycles. The second-order valence-corrected chi connectivity index (χ2v) is 7.22. The number of allylic oxidation sites excluding steroid dienone is 1. The Labute approximate surface area is 186 Å². The number of hydrogen-bond donors (Lipinski definition) is 0. The third-order valence-electron chi connectivity index (χ3n) is 5.16. The Morgan fingerprint density at radius 2 is 2.00 bits per heavy atom. The summed E-state index contributed by atoms with van der Waals surface area (Å²) in [6.07, 6.45) is 4.85. The van der Waals surface area contributed by atoms with Gasteiger partial charge in [-0.05, 0) is 56.7 Å². The highest BCUT2D eigenvalue weighted by Gasteiger charge is 2.13. The number of hydrogen-bond acceptors (Lipinski definition) is 6. The molecule has 1 heterocycles. The molecule has 0 N–H and O–H groups in total. The number of ether oxygens (including phenoxy) is 2. The maximum absolute atomic E-state index is 12.6. The van der Waals surface area contributed by atoms with Crippen molar-refractivity contribution in [1.29, 1.82) is 0 Å².